The van der Waals surface area contributed by atoms with Crippen molar-refractivity contribution in [1.82, 2.24) is 9.62 Å². The van der Waals surface area contributed by atoms with E-state index < -0.39 is 10.0 Å². The molecule has 0 bridgehead atoms. The Morgan fingerprint density at radius 3 is 2.41 bits per heavy atom. The zero-order chi connectivity index (χ0) is 20.0. The fourth-order valence-electron chi connectivity index (χ4n) is 2.89. The number of ether oxygens (including phenoxy) is 1. The van der Waals surface area contributed by atoms with Gasteiger partial charge in [-0.2, -0.15) is 4.31 Å². The molecule has 0 aromatic heterocycles. The largest absolute Gasteiger partial charge is 0.496 e. The maximum Gasteiger partial charge on any atom is 0.251 e. The topological polar surface area (TPSA) is 75.7 Å². The molecule has 0 aliphatic rings. The maximum atomic E-state index is 12.7. The van der Waals surface area contributed by atoms with Crippen molar-refractivity contribution in [3.05, 3.63) is 59.7 Å². The van der Waals surface area contributed by atoms with E-state index >= 15 is 0 Å². The average Bonchev–Trinajstić information content (AvgIpc) is 2.68. The molecule has 2 rings (SSSR count). The van der Waals surface area contributed by atoms with Crippen LogP contribution in [0.1, 0.15) is 42.7 Å². The number of nitrogens with one attached hydrogen (secondary N) is 1. The standard InChI is InChI=1S/C20H26N2O4S/c1-5-22(6-2)27(24,25)17-11-9-10-16(14-17)20(23)21-15(3)18-12-7-8-13-19(18)26-4/h7-15H,5-6H2,1-4H3,(H,21,23)/t15-/m1/s1. The minimum absolute atomic E-state index is 0.115. The van der Waals surface area contributed by atoms with E-state index in [1.165, 1.54) is 16.4 Å². The summed E-state index contributed by atoms with van der Waals surface area (Å²) in [7, 11) is -2.04. The van der Waals surface area contributed by atoms with Crippen LogP contribution in [-0.2, 0) is 10.0 Å². The lowest BCUT2D eigenvalue weighted by atomic mass is 10.1. The lowest BCUT2D eigenvalue weighted by molar-refractivity contribution is 0.0939. The highest BCUT2D eigenvalue weighted by Crippen LogP contribution is 2.25. The summed E-state index contributed by atoms with van der Waals surface area (Å²) in [5.41, 5.74) is 1.14. The smallest absolute Gasteiger partial charge is 0.251 e. The predicted octanol–water partition coefficient (Wildman–Crippen LogP) is 3.22. The molecular formula is C20H26N2O4S. The Kier molecular flexibility index (Phi) is 6.98. The fourth-order valence-corrected chi connectivity index (χ4v) is 4.40. The van der Waals surface area contributed by atoms with Crippen LogP contribution in [-0.4, -0.2) is 38.8 Å². The number of nitrogens with zero attached hydrogens (tertiary/aromatic N) is 1. The first kappa shape index (κ1) is 20.9. The molecule has 0 aliphatic heterocycles. The van der Waals surface area contributed by atoms with E-state index in [0.717, 1.165) is 5.56 Å². The molecule has 0 aliphatic carbocycles. The van der Waals surface area contributed by atoms with Gasteiger partial charge in [-0.3, -0.25) is 4.79 Å². The lowest BCUT2D eigenvalue weighted by Crippen LogP contribution is -2.31. The van der Waals surface area contributed by atoms with E-state index in [0.29, 0.717) is 24.4 Å². The minimum Gasteiger partial charge on any atom is -0.496 e. The quantitative estimate of drug-likeness (QED) is 0.751. The average molecular weight is 391 g/mol. The van der Waals surface area contributed by atoms with Crippen molar-refractivity contribution in [1.29, 1.82) is 0 Å². The Balaban J connectivity index is 2.25. The molecule has 1 atom stereocenters. The van der Waals surface area contributed by atoms with E-state index in [1.54, 1.807) is 33.1 Å². The highest BCUT2D eigenvalue weighted by atomic mass is 32.2. The molecule has 0 radical (unpaired) electrons. The van der Waals surface area contributed by atoms with E-state index in [9.17, 15) is 13.2 Å². The molecular weight excluding hydrogens is 364 g/mol. The molecule has 0 saturated heterocycles. The van der Waals surface area contributed by atoms with E-state index in [-0.39, 0.29) is 16.8 Å². The van der Waals surface area contributed by atoms with Crippen LogP contribution in [0.5, 0.6) is 5.75 Å². The van der Waals surface area contributed by atoms with Crippen LogP contribution < -0.4 is 10.1 Å². The van der Waals surface area contributed by atoms with Gasteiger partial charge in [-0.1, -0.05) is 38.1 Å². The van der Waals surface area contributed by atoms with Crippen molar-refractivity contribution in [3.8, 4) is 5.75 Å². The molecule has 0 heterocycles. The zero-order valence-corrected chi connectivity index (χ0v) is 16.9. The minimum atomic E-state index is -3.62. The highest BCUT2D eigenvalue weighted by molar-refractivity contribution is 7.89. The first-order valence-corrected chi connectivity index (χ1v) is 10.3. The Hall–Kier alpha value is -2.38. The molecule has 27 heavy (non-hydrogen) atoms. The van der Waals surface area contributed by atoms with Crippen LogP contribution in [0.25, 0.3) is 0 Å². The summed E-state index contributed by atoms with van der Waals surface area (Å²) in [6.07, 6.45) is 0. The zero-order valence-electron chi connectivity index (χ0n) is 16.1. The van der Waals surface area contributed by atoms with Crippen LogP contribution >= 0.6 is 0 Å². The summed E-state index contributed by atoms with van der Waals surface area (Å²) in [4.78, 5) is 12.8. The number of carbonyl (C=O) groups excluding carboxylic acids is 1. The number of hydrogen-bond donors (Lipinski definition) is 1. The van der Waals surface area contributed by atoms with E-state index in [4.69, 9.17) is 4.74 Å². The molecule has 7 heteroatoms. The van der Waals surface area contributed by atoms with Crippen LogP contribution in [0.4, 0.5) is 0 Å². The van der Waals surface area contributed by atoms with Gasteiger partial charge in [-0.15, -0.1) is 0 Å². The number of carbonyl (C=O) groups is 1. The van der Waals surface area contributed by atoms with Crippen molar-refractivity contribution < 1.29 is 17.9 Å². The third-order valence-electron chi connectivity index (χ3n) is 4.39. The number of hydrogen-bond acceptors (Lipinski definition) is 4. The Morgan fingerprint density at radius 1 is 1.11 bits per heavy atom. The highest BCUT2D eigenvalue weighted by Gasteiger charge is 2.23. The number of methoxy groups -OCH3 is 1. The van der Waals surface area contributed by atoms with Crippen molar-refractivity contribution >= 4 is 15.9 Å². The third-order valence-corrected chi connectivity index (χ3v) is 6.44. The number of para-hydroxylation sites is 1. The molecule has 2 aromatic rings. The van der Waals surface area contributed by atoms with Gasteiger partial charge >= 0.3 is 0 Å². The van der Waals surface area contributed by atoms with Gasteiger partial charge in [0.1, 0.15) is 5.75 Å². The van der Waals surface area contributed by atoms with Crippen LogP contribution in [0.3, 0.4) is 0 Å². The summed E-state index contributed by atoms with van der Waals surface area (Å²) in [5.74, 6) is 0.341. The van der Waals surface area contributed by atoms with Gasteiger partial charge < -0.3 is 10.1 Å². The summed E-state index contributed by atoms with van der Waals surface area (Å²) >= 11 is 0. The summed E-state index contributed by atoms with van der Waals surface area (Å²) in [6.45, 7) is 6.17. The molecule has 6 nitrogen and oxygen atoms in total. The Labute approximate surface area is 161 Å². The van der Waals surface area contributed by atoms with Crippen LogP contribution in [0.15, 0.2) is 53.4 Å². The summed E-state index contributed by atoms with van der Waals surface area (Å²) < 4.78 is 32.0. The normalized spacial score (nSPS) is 12.6. The molecule has 0 saturated carbocycles. The molecule has 146 valence electrons. The van der Waals surface area contributed by atoms with Crippen molar-refractivity contribution in [2.24, 2.45) is 0 Å². The summed E-state index contributed by atoms with van der Waals surface area (Å²) in [6, 6.07) is 13.3. The molecule has 0 fully saturated rings. The van der Waals surface area contributed by atoms with Gasteiger partial charge in [0.2, 0.25) is 10.0 Å². The molecule has 0 spiro atoms. The SMILES string of the molecule is CCN(CC)S(=O)(=O)c1cccc(C(=O)N[C@H](C)c2ccccc2OC)c1. The molecule has 2 aromatic carbocycles. The summed E-state index contributed by atoms with van der Waals surface area (Å²) in [5, 5.41) is 2.90. The number of benzene rings is 2. The molecule has 1 amide bonds. The van der Waals surface area contributed by atoms with Crippen molar-refractivity contribution in [2.45, 2.75) is 31.7 Å². The Bertz CT molecular complexity index is 892. The third kappa shape index (κ3) is 4.67. The predicted molar refractivity (Wildman–Crippen MR) is 105 cm³/mol. The second-order valence-corrected chi connectivity index (χ2v) is 7.99. The van der Waals surface area contributed by atoms with Gasteiger partial charge in [0.05, 0.1) is 18.0 Å². The molecule has 1 N–H and O–H groups in total. The van der Waals surface area contributed by atoms with Crippen molar-refractivity contribution in [3.63, 3.8) is 0 Å². The van der Waals surface area contributed by atoms with Gasteiger partial charge in [-0.05, 0) is 31.2 Å². The number of amides is 1. The van der Waals surface area contributed by atoms with E-state index in [2.05, 4.69) is 5.32 Å². The number of sulfonamides is 1. The van der Waals surface area contributed by atoms with Gasteiger partial charge in [0.15, 0.2) is 0 Å². The van der Waals surface area contributed by atoms with E-state index in [1.807, 2.05) is 31.2 Å². The van der Waals surface area contributed by atoms with Crippen molar-refractivity contribution in [2.75, 3.05) is 20.2 Å². The second kappa shape index (κ2) is 9.01. The first-order valence-electron chi connectivity index (χ1n) is 8.89. The maximum absolute atomic E-state index is 12.7. The van der Waals surface area contributed by atoms with Gasteiger partial charge in [-0.25, -0.2) is 8.42 Å². The van der Waals surface area contributed by atoms with Gasteiger partial charge in [0, 0.05) is 24.2 Å². The Morgan fingerprint density at radius 2 is 1.78 bits per heavy atom. The second-order valence-electron chi connectivity index (χ2n) is 6.05. The van der Waals surface area contributed by atoms with Crippen LogP contribution in [0, 0.1) is 0 Å². The molecule has 0 unspecified atom stereocenters. The monoisotopic (exact) mass is 390 g/mol. The number of rotatable bonds is 8. The lowest BCUT2D eigenvalue weighted by Gasteiger charge is -2.19. The first-order chi connectivity index (χ1) is 12.8. The van der Waals surface area contributed by atoms with Crippen LogP contribution in [0.2, 0.25) is 0 Å². The van der Waals surface area contributed by atoms with Gasteiger partial charge in [0.25, 0.3) is 5.91 Å². The fraction of sp³-hybridized carbons (Fsp3) is 0.350.